The molecular formula is C9H18N4. The number of aryl methyl sites for hydroxylation is 1. The number of rotatable bonds is 6. The van der Waals surface area contributed by atoms with Gasteiger partial charge in [0.05, 0.1) is 0 Å². The van der Waals surface area contributed by atoms with Gasteiger partial charge >= 0.3 is 0 Å². The molecule has 1 unspecified atom stereocenters. The summed E-state index contributed by atoms with van der Waals surface area (Å²) >= 11 is 0. The standard InChI is InChI=1S/C9H18N4/c1-3-8(2)10-6-4-5-9-11-7-12-13-9/h7-8,10H,3-6H2,1-2H3,(H,11,12,13). The number of aromatic nitrogens is 3. The molecule has 74 valence electrons. The highest BCUT2D eigenvalue weighted by atomic mass is 15.2. The lowest BCUT2D eigenvalue weighted by Crippen LogP contribution is -2.26. The number of nitrogens with one attached hydrogen (secondary N) is 2. The largest absolute Gasteiger partial charge is 0.314 e. The molecule has 0 aromatic carbocycles. The average Bonchev–Trinajstić information content (AvgIpc) is 2.64. The molecule has 2 N–H and O–H groups in total. The van der Waals surface area contributed by atoms with E-state index in [0.717, 1.165) is 25.2 Å². The van der Waals surface area contributed by atoms with Crippen molar-refractivity contribution in [2.24, 2.45) is 0 Å². The minimum atomic E-state index is 0.620. The van der Waals surface area contributed by atoms with Gasteiger partial charge in [0.2, 0.25) is 0 Å². The Morgan fingerprint density at radius 2 is 2.46 bits per heavy atom. The van der Waals surface area contributed by atoms with Gasteiger partial charge in [-0.05, 0) is 26.3 Å². The highest BCUT2D eigenvalue weighted by Gasteiger charge is 1.98. The van der Waals surface area contributed by atoms with Gasteiger partial charge in [0.25, 0.3) is 0 Å². The molecule has 4 heteroatoms. The van der Waals surface area contributed by atoms with Gasteiger partial charge in [-0.1, -0.05) is 6.92 Å². The van der Waals surface area contributed by atoms with E-state index in [2.05, 4.69) is 34.3 Å². The van der Waals surface area contributed by atoms with Crippen LogP contribution in [0.1, 0.15) is 32.5 Å². The van der Waals surface area contributed by atoms with Gasteiger partial charge in [-0.25, -0.2) is 4.98 Å². The summed E-state index contributed by atoms with van der Waals surface area (Å²) in [4.78, 5) is 4.06. The van der Waals surface area contributed by atoms with E-state index in [-0.39, 0.29) is 0 Å². The zero-order valence-electron chi connectivity index (χ0n) is 8.38. The van der Waals surface area contributed by atoms with Crippen molar-refractivity contribution in [3.63, 3.8) is 0 Å². The van der Waals surface area contributed by atoms with Gasteiger partial charge in [-0.15, -0.1) is 0 Å². The monoisotopic (exact) mass is 182 g/mol. The molecule has 4 nitrogen and oxygen atoms in total. The lowest BCUT2D eigenvalue weighted by atomic mass is 10.2. The Kier molecular flexibility index (Phi) is 4.46. The fourth-order valence-electron chi connectivity index (χ4n) is 1.10. The van der Waals surface area contributed by atoms with Crippen molar-refractivity contribution in [3.05, 3.63) is 12.2 Å². The summed E-state index contributed by atoms with van der Waals surface area (Å²) in [6, 6.07) is 0.620. The van der Waals surface area contributed by atoms with Crippen molar-refractivity contribution in [1.82, 2.24) is 20.5 Å². The van der Waals surface area contributed by atoms with Crippen LogP contribution >= 0.6 is 0 Å². The van der Waals surface area contributed by atoms with Crippen LogP contribution in [0.15, 0.2) is 6.33 Å². The summed E-state index contributed by atoms with van der Waals surface area (Å²) in [5.41, 5.74) is 0. The number of nitrogens with zero attached hydrogens (tertiary/aromatic N) is 2. The van der Waals surface area contributed by atoms with Crippen LogP contribution in [0.2, 0.25) is 0 Å². The third-order valence-electron chi connectivity index (χ3n) is 2.16. The first-order valence-corrected chi connectivity index (χ1v) is 4.90. The molecule has 1 atom stereocenters. The third-order valence-corrected chi connectivity index (χ3v) is 2.16. The van der Waals surface area contributed by atoms with E-state index < -0.39 is 0 Å². The second-order valence-corrected chi connectivity index (χ2v) is 3.30. The van der Waals surface area contributed by atoms with E-state index in [0.29, 0.717) is 6.04 Å². The first kappa shape index (κ1) is 10.2. The molecule has 0 aliphatic heterocycles. The normalized spacial score (nSPS) is 13.1. The molecule has 1 aromatic heterocycles. The minimum absolute atomic E-state index is 0.620. The number of aromatic amines is 1. The maximum absolute atomic E-state index is 4.06. The molecule has 1 rings (SSSR count). The van der Waals surface area contributed by atoms with Crippen molar-refractivity contribution in [2.45, 2.75) is 39.2 Å². The number of H-pyrrole nitrogens is 1. The van der Waals surface area contributed by atoms with E-state index in [1.165, 1.54) is 6.42 Å². The Morgan fingerprint density at radius 3 is 3.08 bits per heavy atom. The molecule has 13 heavy (non-hydrogen) atoms. The van der Waals surface area contributed by atoms with Crippen LogP contribution in [0.3, 0.4) is 0 Å². The van der Waals surface area contributed by atoms with E-state index in [1.807, 2.05) is 0 Å². The Bertz CT molecular complexity index is 207. The lowest BCUT2D eigenvalue weighted by Gasteiger charge is -2.09. The quantitative estimate of drug-likeness (QED) is 0.648. The molecule has 0 bridgehead atoms. The van der Waals surface area contributed by atoms with Crippen molar-refractivity contribution in [3.8, 4) is 0 Å². The van der Waals surface area contributed by atoms with Crippen LogP contribution in [0.4, 0.5) is 0 Å². The average molecular weight is 182 g/mol. The van der Waals surface area contributed by atoms with E-state index in [9.17, 15) is 0 Å². The first-order chi connectivity index (χ1) is 6.33. The molecular weight excluding hydrogens is 164 g/mol. The predicted molar refractivity (Wildman–Crippen MR) is 52.5 cm³/mol. The minimum Gasteiger partial charge on any atom is -0.314 e. The van der Waals surface area contributed by atoms with Gasteiger partial charge < -0.3 is 5.32 Å². The van der Waals surface area contributed by atoms with Gasteiger partial charge in [0, 0.05) is 12.5 Å². The highest BCUT2D eigenvalue weighted by Crippen LogP contribution is 1.93. The summed E-state index contributed by atoms with van der Waals surface area (Å²) < 4.78 is 0. The van der Waals surface area contributed by atoms with E-state index in [1.54, 1.807) is 6.33 Å². The predicted octanol–water partition coefficient (Wildman–Crippen LogP) is 1.13. The molecule has 0 saturated heterocycles. The molecule has 0 amide bonds. The van der Waals surface area contributed by atoms with Crippen LogP contribution in [0.5, 0.6) is 0 Å². The van der Waals surface area contributed by atoms with E-state index in [4.69, 9.17) is 0 Å². The lowest BCUT2D eigenvalue weighted by molar-refractivity contribution is 0.522. The molecule has 0 fully saturated rings. The van der Waals surface area contributed by atoms with Gasteiger partial charge in [0.1, 0.15) is 12.2 Å². The Labute approximate surface area is 79.2 Å². The summed E-state index contributed by atoms with van der Waals surface area (Å²) in [7, 11) is 0. The van der Waals surface area contributed by atoms with Gasteiger partial charge in [-0.2, -0.15) is 5.10 Å². The first-order valence-electron chi connectivity index (χ1n) is 4.90. The Morgan fingerprint density at radius 1 is 1.62 bits per heavy atom. The highest BCUT2D eigenvalue weighted by molar-refractivity contribution is 4.79. The van der Waals surface area contributed by atoms with Crippen molar-refractivity contribution in [2.75, 3.05) is 6.54 Å². The number of hydrogen-bond acceptors (Lipinski definition) is 3. The molecule has 0 saturated carbocycles. The second-order valence-electron chi connectivity index (χ2n) is 3.30. The molecule has 1 heterocycles. The van der Waals surface area contributed by atoms with Gasteiger partial charge in [0.15, 0.2) is 0 Å². The van der Waals surface area contributed by atoms with Crippen LogP contribution < -0.4 is 5.32 Å². The van der Waals surface area contributed by atoms with Crippen LogP contribution in [0, 0.1) is 0 Å². The molecule has 0 aliphatic carbocycles. The maximum Gasteiger partial charge on any atom is 0.137 e. The molecule has 1 aromatic rings. The zero-order chi connectivity index (χ0) is 9.52. The smallest absolute Gasteiger partial charge is 0.137 e. The number of hydrogen-bond donors (Lipinski definition) is 2. The SMILES string of the molecule is CCC(C)NCCCc1ncn[nH]1. The third kappa shape index (κ3) is 4.03. The molecule has 0 spiro atoms. The summed E-state index contributed by atoms with van der Waals surface area (Å²) in [6.45, 7) is 5.44. The van der Waals surface area contributed by atoms with Crippen LogP contribution in [-0.4, -0.2) is 27.8 Å². The Hall–Kier alpha value is -0.900. The van der Waals surface area contributed by atoms with Crippen LogP contribution in [-0.2, 0) is 6.42 Å². The van der Waals surface area contributed by atoms with Gasteiger partial charge in [-0.3, -0.25) is 5.10 Å². The summed E-state index contributed by atoms with van der Waals surface area (Å²) in [5.74, 6) is 0.978. The van der Waals surface area contributed by atoms with Crippen LogP contribution in [0.25, 0.3) is 0 Å². The fraction of sp³-hybridized carbons (Fsp3) is 0.778. The van der Waals surface area contributed by atoms with Crippen molar-refractivity contribution >= 4 is 0 Å². The Balaban J connectivity index is 2.02. The summed E-state index contributed by atoms with van der Waals surface area (Å²) in [5, 5.41) is 10.1. The van der Waals surface area contributed by atoms with Crippen molar-refractivity contribution in [1.29, 1.82) is 0 Å². The fourth-order valence-corrected chi connectivity index (χ4v) is 1.10. The van der Waals surface area contributed by atoms with E-state index >= 15 is 0 Å². The zero-order valence-corrected chi connectivity index (χ0v) is 8.38. The topological polar surface area (TPSA) is 53.6 Å². The second kappa shape index (κ2) is 5.70. The van der Waals surface area contributed by atoms with Crippen molar-refractivity contribution < 1.29 is 0 Å². The summed E-state index contributed by atoms with van der Waals surface area (Å²) in [6.07, 6.45) is 4.82. The maximum atomic E-state index is 4.06. The molecule has 0 radical (unpaired) electrons. The molecule has 0 aliphatic rings.